The fourth-order valence-electron chi connectivity index (χ4n) is 3.61. The summed E-state index contributed by atoms with van der Waals surface area (Å²) < 4.78 is 0. The summed E-state index contributed by atoms with van der Waals surface area (Å²) in [5, 5.41) is 3.61. The van der Waals surface area contributed by atoms with Crippen LogP contribution in [0.3, 0.4) is 0 Å². The van der Waals surface area contributed by atoms with Gasteiger partial charge >= 0.3 is 0 Å². The van der Waals surface area contributed by atoms with Crippen molar-refractivity contribution in [2.45, 2.75) is 78.6 Å². The van der Waals surface area contributed by atoms with Crippen molar-refractivity contribution in [1.29, 1.82) is 0 Å². The van der Waals surface area contributed by atoms with Crippen LogP contribution in [0.5, 0.6) is 0 Å². The van der Waals surface area contributed by atoms with E-state index >= 15 is 0 Å². The van der Waals surface area contributed by atoms with Gasteiger partial charge < -0.3 is 5.32 Å². The van der Waals surface area contributed by atoms with Crippen LogP contribution in [0.2, 0.25) is 0 Å². The topological polar surface area (TPSA) is 12.0 Å². The molecular weight excluding hydrogens is 218 g/mol. The number of nitrogens with one attached hydrogen (secondary N) is 1. The second-order valence-electron chi connectivity index (χ2n) is 6.26. The highest BCUT2D eigenvalue weighted by molar-refractivity contribution is 4.79. The van der Waals surface area contributed by atoms with Crippen LogP contribution in [0.1, 0.15) is 78.6 Å². The molecule has 2 unspecified atom stereocenters. The maximum Gasteiger partial charge on any atom is -0.00179 e. The molecule has 1 fully saturated rings. The molecule has 1 heteroatoms. The number of rotatable bonds is 10. The van der Waals surface area contributed by atoms with Crippen molar-refractivity contribution < 1.29 is 0 Å². The molecule has 0 spiro atoms. The molecule has 108 valence electrons. The largest absolute Gasteiger partial charge is 0.317 e. The summed E-state index contributed by atoms with van der Waals surface area (Å²) in [6, 6.07) is 0. The lowest BCUT2D eigenvalue weighted by Crippen LogP contribution is -2.29. The van der Waals surface area contributed by atoms with E-state index in [9.17, 15) is 0 Å². The summed E-state index contributed by atoms with van der Waals surface area (Å²) in [5.41, 5.74) is 0. The molecule has 0 saturated heterocycles. The zero-order valence-electron chi connectivity index (χ0n) is 13.0. The lowest BCUT2D eigenvalue weighted by atomic mass is 9.81. The van der Waals surface area contributed by atoms with Gasteiger partial charge in [-0.15, -0.1) is 0 Å². The van der Waals surface area contributed by atoms with E-state index in [-0.39, 0.29) is 0 Å². The zero-order chi connectivity index (χ0) is 13.2. The Labute approximate surface area is 115 Å². The third kappa shape index (κ3) is 5.73. The first-order valence-electron chi connectivity index (χ1n) is 8.52. The van der Waals surface area contributed by atoms with Gasteiger partial charge in [0.25, 0.3) is 0 Å². The van der Waals surface area contributed by atoms with Crippen molar-refractivity contribution in [2.75, 3.05) is 13.1 Å². The predicted molar refractivity (Wildman–Crippen MR) is 81.9 cm³/mol. The van der Waals surface area contributed by atoms with E-state index in [2.05, 4.69) is 26.1 Å². The minimum Gasteiger partial charge on any atom is -0.317 e. The third-order valence-electron chi connectivity index (χ3n) is 4.90. The van der Waals surface area contributed by atoms with E-state index in [0.29, 0.717) is 0 Å². The van der Waals surface area contributed by atoms with E-state index in [0.717, 1.165) is 24.3 Å². The van der Waals surface area contributed by atoms with E-state index < -0.39 is 0 Å². The molecule has 0 aromatic rings. The van der Waals surface area contributed by atoms with E-state index in [4.69, 9.17) is 0 Å². The van der Waals surface area contributed by atoms with Crippen molar-refractivity contribution in [2.24, 2.45) is 17.8 Å². The Bertz CT molecular complexity index is 184. The quantitative estimate of drug-likeness (QED) is 0.577. The van der Waals surface area contributed by atoms with Gasteiger partial charge in [-0.3, -0.25) is 0 Å². The fraction of sp³-hybridized carbons (Fsp3) is 1.00. The molecule has 2 atom stereocenters. The van der Waals surface area contributed by atoms with Crippen molar-refractivity contribution in [1.82, 2.24) is 5.32 Å². The lowest BCUT2D eigenvalue weighted by molar-refractivity contribution is 0.247. The summed E-state index contributed by atoms with van der Waals surface area (Å²) in [6.45, 7) is 9.35. The average molecular weight is 253 g/mol. The van der Waals surface area contributed by atoms with Crippen LogP contribution >= 0.6 is 0 Å². The molecule has 1 aliphatic rings. The highest BCUT2D eigenvalue weighted by atomic mass is 14.8. The molecule has 0 aromatic heterocycles. The van der Waals surface area contributed by atoms with Gasteiger partial charge in [0.15, 0.2) is 0 Å². The first-order chi connectivity index (χ1) is 8.81. The van der Waals surface area contributed by atoms with Crippen molar-refractivity contribution in [3.8, 4) is 0 Å². The van der Waals surface area contributed by atoms with Crippen LogP contribution in [-0.2, 0) is 0 Å². The Morgan fingerprint density at radius 2 is 1.83 bits per heavy atom. The van der Waals surface area contributed by atoms with Gasteiger partial charge in [0.05, 0.1) is 0 Å². The summed E-state index contributed by atoms with van der Waals surface area (Å²) in [5.74, 6) is 2.96. The maximum atomic E-state index is 3.61. The molecule has 1 aliphatic carbocycles. The smallest absolute Gasteiger partial charge is 0.00179 e. The second kappa shape index (κ2) is 9.83. The average Bonchev–Trinajstić information content (AvgIpc) is 2.92. The van der Waals surface area contributed by atoms with E-state index in [1.165, 1.54) is 64.3 Å². The molecular formula is C17H35N. The minimum absolute atomic E-state index is 0.953. The van der Waals surface area contributed by atoms with Crippen LogP contribution in [0.4, 0.5) is 0 Å². The Morgan fingerprint density at radius 3 is 2.39 bits per heavy atom. The Kier molecular flexibility index (Phi) is 8.75. The molecule has 0 amide bonds. The van der Waals surface area contributed by atoms with E-state index in [1.807, 2.05) is 0 Å². The zero-order valence-corrected chi connectivity index (χ0v) is 13.0. The summed E-state index contributed by atoms with van der Waals surface area (Å²) in [7, 11) is 0. The minimum atomic E-state index is 0.953. The molecule has 18 heavy (non-hydrogen) atoms. The van der Waals surface area contributed by atoms with Crippen LogP contribution in [0.25, 0.3) is 0 Å². The van der Waals surface area contributed by atoms with Gasteiger partial charge in [-0.2, -0.15) is 0 Å². The molecule has 0 aromatic carbocycles. The first kappa shape index (κ1) is 16.0. The van der Waals surface area contributed by atoms with Crippen molar-refractivity contribution in [3.05, 3.63) is 0 Å². The number of unbranched alkanes of at least 4 members (excludes halogenated alkanes) is 1. The molecule has 1 nitrogen and oxygen atoms in total. The van der Waals surface area contributed by atoms with E-state index in [1.54, 1.807) is 0 Å². The summed E-state index contributed by atoms with van der Waals surface area (Å²) in [6.07, 6.45) is 13.1. The Morgan fingerprint density at radius 1 is 1.11 bits per heavy atom. The normalized spacial score (nSPS) is 20.2. The Balaban J connectivity index is 2.41. The van der Waals surface area contributed by atoms with Crippen LogP contribution in [0, 0.1) is 17.8 Å². The van der Waals surface area contributed by atoms with Gasteiger partial charge in [-0.05, 0) is 37.3 Å². The monoisotopic (exact) mass is 253 g/mol. The van der Waals surface area contributed by atoms with Crippen molar-refractivity contribution in [3.63, 3.8) is 0 Å². The third-order valence-corrected chi connectivity index (χ3v) is 4.90. The molecule has 0 bridgehead atoms. The Hall–Kier alpha value is -0.0400. The van der Waals surface area contributed by atoms with Gasteiger partial charge in [0.1, 0.15) is 0 Å². The molecule has 1 rings (SSSR count). The van der Waals surface area contributed by atoms with Crippen LogP contribution < -0.4 is 5.32 Å². The maximum absolute atomic E-state index is 3.61. The van der Waals surface area contributed by atoms with Crippen LogP contribution in [0.15, 0.2) is 0 Å². The highest BCUT2D eigenvalue weighted by Gasteiger charge is 2.26. The standard InChI is InChI=1S/C17H35N/c1-4-7-10-15(5-2)13-17(14-18-6-3)16-11-8-9-12-16/h15-18H,4-14H2,1-3H3. The summed E-state index contributed by atoms with van der Waals surface area (Å²) in [4.78, 5) is 0. The van der Waals surface area contributed by atoms with Gasteiger partial charge in [0, 0.05) is 0 Å². The number of hydrogen-bond donors (Lipinski definition) is 1. The second-order valence-corrected chi connectivity index (χ2v) is 6.26. The molecule has 0 heterocycles. The number of hydrogen-bond acceptors (Lipinski definition) is 1. The molecule has 0 radical (unpaired) electrons. The molecule has 1 saturated carbocycles. The lowest BCUT2D eigenvalue weighted by Gasteiger charge is -2.28. The molecule has 1 N–H and O–H groups in total. The first-order valence-corrected chi connectivity index (χ1v) is 8.52. The van der Waals surface area contributed by atoms with Crippen LogP contribution in [-0.4, -0.2) is 13.1 Å². The molecule has 0 aliphatic heterocycles. The SMILES string of the molecule is CCCCC(CC)CC(CNCC)C1CCCC1. The van der Waals surface area contributed by atoms with Gasteiger partial charge in [-0.25, -0.2) is 0 Å². The predicted octanol–water partition coefficient (Wildman–Crippen LogP) is 5.01. The highest BCUT2D eigenvalue weighted by Crippen LogP contribution is 2.35. The van der Waals surface area contributed by atoms with Crippen molar-refractivity contribution >= 4 is 0 Å². The van der Waals surface area contributed by atoms with Gasteiger partial charge in [0.2, 0.25) is 0 Å². The van der Waals surface area contributed by atoms with Gasteiger partial charge in [-0.1, -0.05) is 72.1 Å². The fourth-order valence-corrected chi connectivity index (χ4v) is 3.61. The summed E-state index contributed by atoms with van der Waals surface area (Å²) >= 11 is 0.